The quantitative estimate of drug-likeness (QED) is 0.502. The zero-order valence-corrected chi connectivity index (χ0v) is 13.2. The van der Waals surface area contributed by atoms with E-state index in [2.05, 4.69) is 0 Å². The molecule has 0 saturated heterocycles. The van der Waals surface area contributed by atoms with Crippen LogP contribution in [0.2, 0.25) is 0 Å². The van der Waals surface area contributed by atoms with Crippen LogP contribution in [0.1, 0.15) is 29.5 Å². The van der Waals surface area contributed by atoms with Crippen LogP contribution in [0.5, 0.6) is 0 Å². The average Bonchev–Trinajstić information content (AvgIpc) is 2.58. The Morgan fingerprint density at radius 2 is 1.73 bits per heavy atom. The highest BCUT2D eigenvalue weighted by Gasteiger charge is 2.57. The van der Waals surface area contributed by atoms with Gasteiger partial charge in [0.2, 0.25) is 5.79 Å². The van der Waals surface area contributed by atoms with Crippen LogP contribution >= 0.6 is 12.4 Å². The van der Waals surface area contributed by atoms with E-state index in [1.807, 2.05) is 30.3 Å². The molecule has 22 heavy (non-hydrogen) atoms. The van der Waals surface area contributed by atoms with Gasteiger partial charge in [0.15, 0.2) is 0 Å². The molecule has 1 aliphatic rings. The summed E-state index contributed by atoms with van der Waals surface area (Å²) in [5, 5.41) is 21.0. The van der Waals surface area contributed by atoms with Gasteiger partial charge in [-0.15, -0.1) is 12.4 Å². The van der Waals surface area contributed by atoms with Gasteiger partial charge in [-0.05, 0) is 36.6 Å². The monoisotopic (exact) mass is 320 g/mol. The van der Waals surface area contributed by atoms with E-state index in [0.29, 0.717) is 17.7 Å². The first-order chi connectivity index (χ1) is 9.84. The van der Waals surface area contributed by atoms with Gasteiger partial charge in [-0.2, -0.15) is 0 Å². The van der Waals surface area contributed by atoms with Gasteiger partial charge in [0, 0.05) is 17.2 Å². The SMILES string of the molecule is CC1(N)C(Cc2ccccc2)c2cc(N)ccc2C1(O)O.Cl. The minimum atomic E-state index is -2.06. The Morgan fingerprint density at radius 3 is 2.36 bits per heavy atom. The lowest BCUT2D eigenvalue weighted by molar-refractivity contribution is -0.210. The number of benzene rings is 2. The van der Waals surface area contributed by atoms with Crippen LogP contribution < -0.4 is 11.5 Å². The van der Waals surface area contributed by atoms with Crippen molar-refractivity contribution in [2.24, 2.45) is 5.73 Å². The highest BCUT2D eigenvalue weighted by Crippen LogP contribution is 2.50. The fraction of sp³-hybridized carbons (Fsp3) is 0.294. The summed E-state index contributed by atoms with van der Waals surface area (Å²) in [6.07, 6.45) is 0.632. The van der Waals surface area contributed by atoms with Crippen molar-refractivity contribution in [1.82, 2.24) is 0 Å². The second kappa shape index (κ2) is 5.56. The summed E-state index contributed by atoms with van der Waals surface area (Å²) in [6.45, 7) is 1.68. The third kappa shape index (κ3) is 2.38. The van der Waals surface area contributed by atoms with Crippen LogP contribution in [-0.4, -0.2) is 15.8 Å². The Hall–Kier alpha value is -1.59. The second-order valence-electron chi connectivity index (χ2n) is 6.04. The Bertz CT molecular complexity index is 672. The number of hydrogen-bond donors (Lipinski definition) is 4. The maximum absolute atomic E-state index is 10.5. The fourth-order valence-electron chi connectivity index (χ4n) is 3.21. The molecule has 2 aromatic rings. The van der Waals surface area contributed by atoms with Gasteiger partial charge in [0.05, 0.1) is 5.54 Å². The van der Waals surface area contributed by atoms with Crippen LogP contribution in [0, 0.1) is 0 Å². The first-order valence-corrected chi connectivity index (χ1v) is 7.01. The summed E-state index contributed by atoms with van der Waals surface area (Å²) in [5.74, 6) is -2.27. The number of hydrogen-bond acceptors (Lipinski definition) is 4. The molecule has 5 heteroatoms. The van der Waals surface area contributed by atoms with Crippen LogP contribution in [0.25, 0.3) is 0 Å². The summed E-state index contributed by atoms with van der Waals surface area (Å²) in [4.78, 5) is 0. The number of nitrogen functional groups attached to an aromatic ring is 1. The highest BCUT2D eigenvalue weighted by molar-refractivity contribution is 5.85. The molecule has 4 nitrogen and oxygen atoms in total. The molecule has 0 aromatic heterocycles. The predicted molar refractivity (Wildman–Crippen MR) is 89.7 cm³/mol. The van der Waals surface area contributed by atoms with Gasteiger partial charge in [-0.3, -0.25) is 0 Å². The summed E-state index contributed by atoms with van der Waals surface area (Å²) >= 11 is 0. The van der Waals surface area contributed by atoms with E-state index in [-0.39, 0.29) is 18.3 Å². The largest absolute Gasteiger partial charge is 0.399 e. The molecule has 1 aliphatic carbocycles. The van der Waals surface area contributed by atoms with Crippen molar-refractivity contribution in [2.75, 3.05) is 5.73 Å². The molecule has 6 N–H and O–H groups in total. The third-order valence-corrected chi connectivity index (χ3v) is 4.58. The lowest BCUT2D eigenvalue weighted by Gasteiger charge is -2.36. The van der Waals surface area contributed by atoms with Crippen LogP contribution in [0.15, 0.2) is 48.5 Å². The van der Waals surface area contributed by atoms with Crippen molar-refractivity contribution in [1.29, 1.82) is 0 Å². The zero-order valence-electron chi connectivity index (χ0n) is 12.4. The smallest absolute Gasteiger partial charge is 0.209 e. The minimum Gasteiger partial charge on any atom is -0.399 e. The maximum Gasteiger partial charge on any atom is 0.209 e. The van der Waals surface area contributed by atoms with Crippen molar-refractivity contribution in [3.63, 3.8) is 0 Å². The number of fused-ring (bicyclic) bond motifs is 1. The number of halogens is 1. The van der Waals surface area contributed by atoms with Gasteiger partial charge in [0.25, 0.3) is 0 Å². The molecular weight excluding hydrogens is 300 g/mol. The Kier molecular flexibility index (Phi) is 4.24. The molecular formula is C17H21ClN2O2. The van der Waals surface area contributed by atoms with Gasteiger partial charge < -0.3 is 21.7 Å². The Balaban J connectivity index is 0.00000176. The molecule has 2 unspecified atom stereocenters. The van der Waals surface area contributed by atoms with E-state index in [1.165, 1.54) is 0 Å². The molecule has 0 bridgehead atoms. The molecule has 0 radical (unpaired) electrons. The topological polar surface area (TPSA) is 92.5 Å². The number of aliphatic hydroxyl groups is 2. The first-order valence-electron chi connectivity index (χ1n) is 7.01. The van der Waals surface area contributed by atoms with E-state index < -0.39 is 11.3 Å². The second-order valence-corrected chi connectivity index (χ2v) is 6.04. The molecule has 3 rings (SSSR count). The molecule has 0 spiro atoms. The third-order valence-electron chi connectivity index (χ3n) is 4.58. The maximum atomic E-state index is 10.5. The van der Waals surface area contributed by atoms with E-state index in [0.717, 1.165) is 11.1 Å². The summed E-state index contributed by atoms with van der Waals surface area (Å²) in [6, 6.07) is 15.0. The molecule has 0 fully saturated rings. The predicted octanol–water partition coefficient (Wildman–Crippen LogP) is 1.89. The molecule has 0 aliphatic heterocycles. The number of nitrogens with two attached hydrogens (primary N) is 2. The van der Waals surface area contributed by atoms with Crippen LogP contribution in [0.3, 0.4) is 0 Å². The molecule has 0 heterocycles. The van der Waals surface area contributed by atoms with Crippen molar-refractivity contribution in [3.8, 4) is 0 Å². The number of rotatable bonds is 2. The zero-order chi connectivity index (χ0) is 15.3. The standard InChI is InChI=1S/C17H20N2O2.ClH/c1-16(19)15(9-11-5-3-2-4-6-11)13-10-12(18)7-8-14(13)17(16,20)21;/h2-8,10,15,20-21H,9,18-19H2,1H3;1H. The summed E-state index contributed by atoms with van der Waals surface area (Å²) in [7, 11) is 0. The van der Waals surface area contributed by atoms with Gasteiger partial charge in [0.1, 0.15) is 0 Å². The fourth-order valence-corrected chi connectivity index (χ4v) is 3.21. The molecule has 2 aromatic carbocycles. The van der Waals surface area contributed by atoms with Crippen molar-refractivity contribution >= 4 is 18.1 Å². The summed E-state index contributed by atoms with van der Waals surface area (Å²) in [5.41, 5.74) is 13.9. The van der Waals surface area contributed by atoms with Gasteiger partial charge in [-0.1, -0.05) is 36.4 Å². The highest BCUT2D eigenvalue weighted by atomic mass is 35.5. The summed E-state index contributed by atoms with van der Waals surface area (Å²) < 4.78 is 0. The molecule has 0 saturated carbocycles. The van der Waals surface area contributed by atoms with E-state index in [4.69, 9.17) is 11.5 Å². The molecule has 118 valence electrons. The van der Waals surface area contributed by atoms with E-state index in [1.54, 1.807) is 25.1 Å². The Labute approximate surface area is 136 Å². The normalized spacial score (nSPS) is 25.4. The van der Waals surface area contributed by atoms with Gasteiger partial charge in [-0.25, -0.2) is 0 Å². The van der Waals surface area contributed by atoms with Crippen molar-refractivity contribution in [2.45, 2.75) is 30.6 Å². The van der Waals surface area contributed by atoms with E-state index >= 15 is 0 Å². The molecule has 0 amide bonds. The van der Waals surface area contributed by atoms with Crippen molar-refractivity contribution < 1.29 is 10.2 Å². The lowest BCUT2D eigenvalue weighted by atomic mass is 9.80. The molecule has 2 atom stereocenters. The number of anilines is 1. The Morgan fingerprint density at radius 1 is 1.09 bits per heavy atom. The van der Waals surface area contributed by atoms with Gasteiger partial charge >= 0.3 is 0 Å². The van der Waals surface area contributed by atoms with Crippen LogP contribution in [-0.2, 0) is 12.2 Å². The average molecular weight is 321 g/mol. The minimum absolute atomic E-state index is 0. The lowest BCUT2D eigenvalue weighted by Crippen LogP contribution is -2.56. The van der Waals surface area contributed by atoms with E-state index in [9.17, 15) is 10.2 Å². The first kappa shape index (κ1) is 16.8. The van der Waals surface area contributed by atoms with Crippen LogP contribution in [0.4, 0.5) is 5.69 Å². The van der Waals surface area contributed by atoms with Crippen molar-refractivity contribution in [3.05, 3.63) is 65.2 Å².